The van der Waals surface area contributed by atoms with E-state index in [1.807, 2.05) is 41.8 Å². The average Bonchev–Trinajstić information content (AvgIpc) is 3.29. The molecule has 0 unspecified atom stereocenters. The van der Waals surface area contributed by atoms with Crippen molar-refractivity contribution in [1.82, 2.24) is 14.8 Å². The number of anilines is 1. The summed E-state index contributed by atoms with van der Waals surface area (Å²) in [6.45, 7) is 4.28. The molecule has 0 aliphatic rings. The predicted molar refractivity (Wildman–Crippen MR) is 135 cm³/mol. The number of hydrogen-bond donors (Lipinski definition) is 1. The number of nitro groups is 1. The van der Waals surface area contributed by atoms with Gasteiger partial charge in [0.15, 0.2) is 11.0 Å². The van der Waals surface area contributed by atoms with Crippen LogP contribution in [-0.2, 0) is 4.79 Å². The number of carbonyl (C=O) groups is 1. The first-order valence-corrected chi connectivity index (χ1v) is 11.8. The number of nitrogens with zero attached hydrogens (tertiary/aromatic N) is 4. The minimum atomic E-state index is -0.474. The van der Waals surface area contributed by atoms with E-state index >= 15 is 0 Å². The van der Waals surface area contributed by atoms with Gasteiger partial charge in [-0.2, -0.15) is 0 Å². The maximum atomic E-state index is 12.9. The Kier molecular flexibility index (Phi) is 7.41. The molecule has 0 radical (unpaired) electrons. The van der Waals surface area contributed by atoms with Crippen molar-refractivity contribution in [3.05, 3.63) is 89.0 Å². The van der Waals surface area contributed by atoms with E-state index in [-0.39, 0.29) is 11.6 Å². The third-order valence-electron chi connectivity index (χ3n) is 5.07. The number of para-hydroxylation sites is 1. The van der Waals surface area contributed by atoms with Gasteiger partial charge in [-0.15, -0.1) is 10.2 Å². The number of carbonyl (C=O) groups excluding carboxylic acids is 1. The molecule has 1 atom stereocenters. The summed E-state index contributed by atoms with van der Waals surface area (Å²) in [5, 5.41) is 22.7. The molecule has 0 bridgehead atoms. The Morgan fingerprint density at radius 2 is 1.74 bits per heavy atom. The number of benzene rings is 3. The second-order valence-corrected chi connectivity index (χ2v) is 8.80. The van der Waals surface area contributed by atoms with Crippen LogP contribution in [0.15, 0.2) is 84.0 Å². The molecule has 178 valence electrons. The Morgan fingerprint density at radius 1 is 1.06 bits per heavy atom. The number of rotatable bonds is 9. The summed E-state index contributed by atoms with van der Waals surface area (Å²) in [6, 6.07) is 22.8. The van der Waals surface area contributed by atoms with Gasteiger partial charge in [-0.25, -0.2) is 0 Å². The molecular formula is C25H23N5O4S. The molecule has 3 aromatic carbocycles. The Labute approximate surface area is 206 Å². The summed E-state index contributed by atoms with van der Waals surface area (Å²) in [5.41, 5.74) is 2.15. The van der Waals surface area contributed by atoms with Crippen LogP contribution in [0.3, 0.4) is 0 Å². The summed E-state index contributed by atoms with van der Waals surface area (Å²) >= 11 is 1.27. The van der Waals surface area contributed by atoms with Crippen LogP contribution in [0.4, 0.5) is 11.4 Å². The Hall–Kier alpha value is -4.18. The second kappa shape index (κ2) is 10.8. The Balaban J connectivity index is 1.58. The van der Waals surface area contributed by atoms with Crippen LogP contribution >= 0.6 is 11.8 Å². The van der Waals surface area contributed by atoms with Crippen LogP contribution in [0.5, 0.6) is 5.75 Å². The molecule has 10 heteroatoms. The molecule has 0 aliphatic carbocycles. The zero-order chi connectivity index (χ0) is 24.8. The molecule has 0 saturated carbocycles. The van der Waals surface area contributed by atoms with Gasteiger partial charge in [0.1, 0.15) is 5.75 Å². The summed E-state index contributed by atoms with van der Waals surface area (Å²) < 4.78 is 7.28. The first kappa shape index (κ1) is 24.0. The Bertz CT molecular complexity index is 1310. The number of aromatic nitrogens is 3. The standard InChI is InChI=1S/C25H23N5O4S/c1-3-34-22-15-11-19(12-16-22)26-24(31)17(2)35-25-28-27-23(29(25)20-7-5-4-6-8-20)18-9-13-21(14-10-18)30(32)33/h4-17H,3H2,1-2H3,(H,26,31)/t17-/m1/s1. The molecule has 1 amide bonds. The van der Waals surface area contributed by atoms with Crippen molar-refractivity contribution in [2.24, 2.45) is 0 Å². The highest BCUT2D eigenvalue weighted by atomic mass is 32.2. The van der Waals surface area contributed by atoms with Crippen molar-refractivity contribution in [2.75, 3.05) is 11.9 Å². The zero-order valence-corrected chi connectivity index (χ0v) is 19.9. The SMILES string of the molecule is CCOc1ccc(NC(=O)[C@@H](C)Sc2nnc(-c3ccc([N+](=O)[O-])cc3)n2-c2ccccc2)cc1. The number of thioether (sulfide) groups is 1. The highest BCUT2D eigenvalue weighted by molar-refractivity contribution is 8.00. The fourth-order valence-corrected chi connectivity index (χ4v) is 4.20. The van der Waals surface area contributed by atoms with E-state index in [0.29, 0.717) is 28.8 Å². The molecule has 35 heavy (non-hydrogen) atoms. The first-order valence-electron chi connectivity index (χ1n) is 10.9. The first-order chi connectivity index (χ1) is 17.0. The molecule has 1 heterocycles. The van der Waals surface area contributed by atoms with Crippen molar-refractivity contribution >= 4 is 29.0 Å². The average molecular weight is 490 g/mol. The Morgan fingerprint density at radius 3 is 2.37 bits per heavy atom. The molecule has 0 fully saturated rings. The highest BCUT2D eigenvalue weighted by Gasteiger charge is 2.22. The number of non-ortho nitro benzene ring substituents is 1. The summed E-state index contributed by atoms with van der Waals surface area (Å²) in [4.78, 5) is 23.5. The van der Waals surface area contributed by atoms with Gasteiger partial charge in [-0.1, -0.05) is 30.0 Å². The van der Waals surface area contributed by atoms with Crippen LogP contribution in [0, 0.1) is 10.1 Å². The van der Waals surface area contributed by atoms with E-state index in [9.17, 15) is 14.9 Å². The number of ether oxygens (including phenoxy) is 1. The van der Waals surface area contributed by atoms with Gasteiger partial charge < -0.3 is 10.1 Å². The third kappa shape index (κ3) is 5.67. The number of amides is 1. The molecule has 0 saturated heterocycles. The smallest absolute Gasteiger partial charge is 0.269 e. The molecule has 0 aliphatic heterocycles. The van der Waals surface area contributed by atoms with Crippen LogP contribution in [0.25, 0.3) is 17.1 Å². The van der Waals surface area contributed by atoms with E-state index in [2.05, 4.69) is 15.5 Å². The van der Waals surface area contributed by atoms with Crippen molar-refractivity contribution in [3.8, 4) is 22.8 Å². The molecule has 1 aromatic heterocycles. The lowest BCUT2D eigenvalue weighted by Crippen LogP contribution is -2.22. The van der Waals surface area contributed by atoms with Gasteiger partial charge in [0, 0.05) is 29.1 Å². The van der Waals surface area contributed by atoms with Gasteiger partial charge in [0.2, 0.25) is 5.91 Å². The minimum absolute atomic E-state index is 0.00583. The monoisotopic (exact) mass is 489 g/mol. The van der Waals surface area contributed by atoms with Crippen molar-refractivity contribution in [1.29, 1.82) is 0 Å². The lowest BCUT2D eigenvalue weighted by Gasteiger charge is -2.14. The van der Waals surface area contributed by atoms with Gasteiger partial charge >= 0.3 is 0 Å². The van der Waals surface area contributed by atoms with Crippen LogP contribution < -0.4 is 10.1 Å². The largest absolute Gasteiger partial charge is 0.494 e. The van der Waals surface area contributed by atoms with E-state index < -0.39 is 10.2 Å². The second-order valence-electron chi connectivity index (χ2n) is 7.49. The van der Waals surface area contributed by atoms with Crippen LogP contribution in [0.2, 0.25) is 0 Å². The molecular weight excluding hydrogens is 466 g/mol. The van der Waals surface area contributed by atoms with E-state index in [0.717, 1.165) is 11.4 Å². The quantitative estimate of drug-likeness (QED) is 0.191. The molecule has 4 rings (SSSR count). The molecule has 9 nitrogen and oxygen atoms in total. The van der Waals surface area contributed by atoms with Gasteiger partial charge in [-0.05, 0) is 62.4 Å². The predicted octanol–water partition coefficient (Wildman–Crippen LogP) is 5.36. The number of nitro benzene ring substituents is 1. The maximum Gasteiger partial charge on any atom is 0.269 e. The van der Waals surface area contributed by atoms with Crippen LogP contribution in [0.1, 0.15) is 13.8 Å². The molecule has 4 aromatic rings. The van der Waals surface area contributed by atoms with E-state index in [1.54, 1.807) is 43.3 Å². The third-order valence-corrected chi connectivity index (χ3v) is 6.11. The molecule has 0 spiro atoms. The van der Waals surface area contributed by atoms with E-state index in [4.69, 9.17) is 4.74 Å². The zero-order valence-electron chi connectivity index (χ0n) is 19.1. The van der Waals surface area contributed by atoms with Crippen molar-refractivity contribution < 1.29 is 14.5 Å². The molecule has 1 N–H and O–H groups in total. The summed E-state index contributed by atoms with van der Waals surface area (Å²) in [5.74, 6) is 1.08. The van der Waals surface area contributed by atoms with Gasteiger partial charge in [-0.3, -0.25) is 19.5 Å². The topological polar surface area (TPSA) is 112 Å². The number of nitrogens with one attached hydrogen (secondary N) is 1. The number of hydrogen-bond acceptors (Lipinski definition) is 7. The summed E-state index contributed by atoms with van der Waals surface area (Å²) in [6.07, 6.45) is 0. The van der Waals surface area contributed by atoms with Crippen LogP contribution in [-0.4, -0.2) is 37.5 Å². The van der Waals surface area contributed by atoms with Gasteiger partial charge in [0.05, 0.1) is 16.8 Å². The van der Waals surface area contributed by atoms with Crippen molar-refractivity contribution in [2.45, 2.75) is 24.3 Å². The summed E-state index contributed by atoms with van der Waals surface area (Å²) in [7, 11) is 0. The maximum absolute atomic E-state index is 12.9. The van der Waals surface area contributed by atoms with Crippen molar-refractivity contribution in [3.63, 3.8) is 0 Å². The lowest BCUT2D eigenvalue weighted by atomic mass is 10.2. The fraction of sp³-hybridized carbons (Fsp3) is 0.160. The normalized spacial score (nSPS) is 11.6. The lowest BCUT2D eigenvalue weighted by molar-refractivity contribution is -0.384. The van der Waals surface area contributed by atoms with E-state index in [1.165, 1.54) is 23.9 Å². The van der Waals surface area contributed by atoms with Gasteiger partial charge in [0.25, 0.3) is 5.69 Å². The minimum Gasteiger partial charge on any atom is -0.494 e. The fourth-order valence-electron chi connectivity index (χ4n) is 3.33. The highest BCUT2D eigenvalue weighted by Crippen LogP contribution is 2.31.